The number of rotatable bonds is 6. The van der Waals surface area contributed by atoms with E-state index in [4.69, 9.17) is 13.7 Å². The zero-order chi connectivity index (χ0) is 25.7. The number of benzene rings is 2. The van der Waals surface area contributed by atoms with E-state index in [1.165, 1.54) is 35.6 Å². The molecule has 1 aromatic heterocycles. The van der Waals surface area contributed by atoms with Gasteiger partial charge in [-0.3, -0.25) is 13.7 Å². The zero-order valence-corrected chi connectivity index (χ0v) is 21.3. The van der Waals surface area contributed by atoms with Crippen LogP contribution in [0.15, 0.2) is 40.8 Å². The summed E-state index contributed by atoms with van der Waals surface area (Å²) in [5.41, 5.74) is 0.642. The van der Waals surface area contributed by atoms with E-state index in [0.717, 1.165) is 0 Å². The molecule has 35 heavy (non-hydrogen) atoms. The van der Waals surface area contributed by atoms with E-state index >= 15 is 0 Å². The quantitative estimate of drug-likeness (QED) is 0.392. The maximum Gasteiger partial charge on any atom is 0.497 e. The second-order valence-corrected chi connectivity index (χ2v) is 10.2. The lowest BCUT2D eigenvalue weighted by atomic mass is 9.77. The summed E-state index contributed by atoms with van der Waals surface area (Å²) in [7, 11) is 0.644. The molecular formula is C24H28BFN2O6S. The molecule has 186 valence electrons. The number of carbonyl (C=O) groups is 1. The molecule has 3 aromatic rings. The second kappa shape index (κ2) is 9.05. The highest BCUT2D eigenvalue weighted by molar-refractivity contribution is 7.80. The van der Waals surface area contributed by atoms with Crippen molar-refractivity contribution in [3.05, 3.63) is 47.8 Å². The minimum Gasteiger partial charge on any atom is -0.455 e. The molecule has 4 rings (SSSR count). The minimum absolute atomic E-state index is 0.217. The van der Waals surface area contributed by atoms with Gasteiger partial charge < -0.3 is 19.0 Å². The van der Waals surface area contributed by atoms with Crippen molar-refractivity contribution < 1.29 is 31.7 Å². The van der Waals surface area contributed by atoms with Crippen LogP contribution in [-0.4, -0.2) is 46.6 Å². The summed E-state index contributed by atoms with van der Waals surface area (Å²) in [5, 5.41) is 3.10. The van der Waals surface area contributed by atoms with Crippen LogP contribution < -0.4 is 15.1 Å². The molecule has 0 radical (unpaired) electrons. The van der Waals surface area contributed by atoms with Crippen molar-refractivity contribution in [2.45, 2.75) is 45.8 Å². The van der Waals surface area contributed by atoms with Crippen LogP contribution >= 0.6 is 0 Å². The molecule has 0 aliphatic carbocycles. The van der Waals surface area contributed by atoms with Gasteiger partial charge in [0.2, 0.25) is 0 Å². The standard InChI is InChI=1S/C24H28BFN2O6S/c1-7-28(35(30)31)18-13-19-16(12-17(18)25-33-23(2,3)24(4,5)34-25)20(22(29)27-6)21(32-19)14-8-10-15(26)11-9-14/h8-13H,7H2,1-6H3,(H,27,29)(H,30,31). The largest absolute Gasteiger partial charge is 0.497 e. The van der Waals surface area contributed by atoms with E-state index in [0.29, 0.717) is 27.7 Å². The Labute approximate surface area is 206 Å². The maximum atomic E-state index is 13.5. The highest BCUT2D eigenvalue weighted by Crippen LogP contribution is 2.40. The van der Waals surface area contributed by atoms with E-state index in [1.54, 1.807) is 19.1 Å². The van der Waals surface area contributed by atoms with Gasteiger partial charge in [0.05, 0.1) is 22.5 Å². The van der Waals surface area contributed by atoms with E-state index in [9.17, 15) is 17.9 Å². The van der Waals surface area contributed by atoms with Crippen LogP contribution in [0.4, 0.5) is 10.1 Å². The average molecular weight is 502 g/mol. The number of hydrogen-bond acceptors (Lipinski definition) is 5. The van der Waals surface area contributed by atoms with Crippen LogP contribution in [0.5, 0.6) is 0 Å². The number of nitrogens with one attached hydrogen (secondary N) is 1. The number of carbonyl (C=O) groups excluding carboxylic acids is 1. The molecule has 1 aliphatic rings. The van der Waals surface area contributed by atoms with Gasteiger partial charge in [0, 0.05) is 36.1 Å². The molecule has 8 nitrogen and oxygen atoms in total. The van der Waals surface area contributed by atoms with Gasteiger partial charge in [-0.05, 0) is 65.0 Å². The maximum absolute atomic E-state index is 13.5. The molecule has 1 unspecified atom stereocenters. The minimum atomic E-state index is -2.33. The van der Waals surface area contributed by atoms with Gasteiger partial charge >= 0.3 is 7.12 Å². The van der Waals surface area contributed by atoms with Crippen molar-refractivity contribution in [1.82, 2.24) is 5.32 Å². The van der Waals surface area contributed by atoms with E-state index < -0.39 is 41.3 Å². The zero-order valence-electron chi connectivity index (χ0n) is 20.5. The molecule has 1 amide bonds. The summed E-state index contributed by atoms with van der Waals surface area (Å²) >= 11 is -2.33. The van der Waals surface area contributed by atoms with Gasteiger partial charge in [-0.15, -0.1) is 0 Å². The predicted octanol–water partition coefficient (Wildman–Crippen LogP) is 3.86. The number of anilines is 1. The molecule has 0 spiro atoms. The highest BCUT2D eigenvalue weighted by atomic mass is 32.2. The fourth-order valence-electron chi connectivity index (χ4n) is 4.04. The summed E-state index contributed by atoms with van der Waals surface area (Å²) in [6.45, 7) is 9.60. The monoisotopic (exact) mass is 502 g/mol. The number of hydrogen-bond donors (Lipinski definition) is 2. The summed E-state index contributed by atoms with van der Waals surface area (Å²) in [6, 6.07) is 8.92. The summed E-state index contributed by atoms with van der Waals surface area (Å²) in [5.74, 6) is -0.556. The Morgan fingerprint density at radius 2 is 1.74 bits per heavy atom. The molecule has 1 aliphatic heterocycles. The lowest BCUT2D eigenvalue weighted by Crippen LogP contribution is -2.41. The first kappa shape index (κ1) is 25.4. The van der Waals surface area contributed by atoms with Gasteiger partial charge in [0.25, 0.3) is 17.2 Å². The Balaban J connectivity index is 2.01. The first-order valence-corrected chi connectivity index (χ1v) is 12.3. The number of halogens is 1. The highest BCUT2D eigenvalue weighted by Gasteiger charge is 2.52. The molecule has 1 fully saturated rings. The van der Waals surface area contributed by atoms with Crippen LogP contribution in [0.3, 0.4) is 0 Å². The van der Waals surface area contributed by atoms with E-state index in [2.05, 4.69) is 5.32 Å². The van der Waals surface area contributed by atoms with E-state index in [1.807, 2.05) is 27.7 Å². The van der Waals surface area contributed by atoms with Crippen LogP contribution in [0.25, 0.3) is 22.3 Å². The third-order valence-corrected chi connectivity index (χ3v) is 7.48. The second-order valence-electron chi connectivity index (χ2n) is 9.31. The molecule has 2 N–H and O–H groups in total. The Morgan fingerprint density at radius 3 is 2.26 bits per heavy atom. The van der Waals surface area contributed by atoms with Gasteiger partial charge in [-0.2, -0.15) is 0 Å². The van der Waals surface area contributed by atoms with Crippen LogP contribution in [0.2, 0.25) is 0 Å². The van der Waals surface area contributed by atoms with Gasteiger partial charge in [0.1, 0.15) is 17.2 Å². The molecule has 0 saturated carbocycles. The topological polar surface area (TPSA) is 101 Å². The molecule has 0 bridgehead atoms. The average Bonchev–Trinajstić information content (AvgIpc) is 3.26. The van der Waals surface area contributed by atoms with Crippen molar-refractivity contribution >= 4 is 46.4 Å². The summed E-state index contributed by atoms with van der Waals surface area (Å²) < 4.78 is 55.6. The first-order valence-electron chi connectivity index (χ1n) is 11.2. The molecular weight excluding hydrogens is 474 g/mol. The smallest absolute Gasteiger partial charge is 0.455 e. The molecule has 1 atom stereocenters. The van der Waals surface area contributed by atoms with Gasteiger partial charge in [0.15, 0.2) is 0 Å². The lowest BCUT2D eigenvalue weighted by Gasteiger charge is -2.32. The van der Waals surface area contributed by atoms with Crippen LogP contribution in [-0.2, 0) is 20.6 Å². The Hall–Kier alpha value is -2.73. The number of fused-ring (bicyclic) bond motifs is 1. The fraction of sp³-hybridized carbons (Fsp3) is 0.375. The summed E-state index contributed by atoms with van der Waals surface area (Å²) in [4.78, 5) is 13.0. The van der Waals surface area contributed by atoms with Crippen LogP contribution in [0.1, 0.15) is 45.0 Å². The third kappa shape index (κ3) is 4.37. The summed E-state index contributed by atoms with van der Waals surface area (Å²) in [6.07, 6.45) is 0. The Kier molecular flexibility index (Phi) is 6.56. The number of nitrogens with zero attached hydrogens (tertiary/aromatic N) is 1. The normalized spacial score (nSPS) is 17.5. The van der Waals surface area contributed by atoms with Crippen LogP contribution in [0, 0.1) is 5.82 Å². The van der Waals surface area contributed by atoms with Crippen molar-refractivity contribution in [2.24, 2.45) is 0 Å². The van der Waals surface area contributed by atoms with Crippen molar-refractivity contribution in [3.63, 3.8) is 0 Å². The van der Waals surface area contributed by atoms with Crippen molar-refractivity contribution in [1.29, 1.82) is 0 Å². The van der Waals surface area contributed by atoms with E-state index in [-0.39, 0.29) is 17.9 Å². The van der Waals surface area contributed by atoms with Gasteiger partial charge in [-0.1, -0.05) is 0 Å². The fourth-order valence-corrected chi connectivity index (χ4v) is 4.59. The number of furan rings is 1. The predicted molar refractivity (Wildman–Crippen MR) is 135 cm³/mol. The third-order valence-electron chi connectivity index (χ3n) is 6.65. The molecule has 11 heteroatoms. The molecule has 1 saturated heterocycles. The first-order chi connectivity index (χ1) is 16.4. The lowest BCUT2D eigenvalue weighted by molar-refractivity contribution is 0.00578. The van der Waals surface area contributed by atoms with Gasteiger partial charge in [-0.25, -0.2) is 8.60 Å². The van der Waals surface area contributed by atoms with Crippen molar-refractivity contribution in [2.75, 3.05) is 17.9 Å². The Bertz CT molecular complexity index is 1290. The SMILES string of the molecule is CCN(c1cc2oc(-c3ccc(F)cc3)c(C(=O)NC)c2cc1B1OC(C)(C)C(C)(C)O1)S(=O)O. The molecule has 2 aromatic carbocycles. The van der Waals surface area contributed by atoms with Crippen molar-refractivity contribution in [3.8, 4) is 11.3 Å². The number of amides is 1. The Morgan fingerprint density at radius 1 is 1.14 bits per heavy atom. The molecule has 2 heterocycles.